The van der Waals surface area contributed by atoms with Gasteiger partial charge >= 0.3 is 5.97 Å². The number of carbonyl (C=O) groups is 1. The number of aliphatic carboxylic acids is 1. The lowest BCUT2D eigenvalue weighted by atomic mass is 9.84. The SMILES string of the molecule is Cc1ccc(CNC2C3CCC(C3)C2C(=O)O)cn1. The average molecular weight is 260 g/mol. The van der Waals surface area contributed by atoms with Gasteiger partial charge in [0.25, 0.3) is 0 Å². The first kappa shape index (κ1) is 12.6. The molecule has 2 fully saturated rings. The van der Waals surface area contributed by atoms with Crippen molar-refractivity contribution in [1.29, 1.82) is 0 Å². The highest BCUT2D eigenvalue weighted by Crippen LogP contribution is 2.48. The van der Waals surface area contributed by atoms with E-state index < -0.39 is 5.97 Å². The molecule has 4 heteroatoms. The van der Waals surface area contributed by atoms with Gasteiger partial charge in [-0.05, 0) is 49.7 Å². The standard InChI is InChI=1S/C15H20N2O2/c1-9-2-3-10(7-16-9)8-17-14-12-5-4-11(6-12)13(14)15(18)19/h2-3,7,11-14,17H,4-6,8H2,1H3,(H,18,19). The highest BCUT2D eigenvalue weighted by atomic mass is 16.4. The molecule has 4 nitrogen and oxygen atoms in total. The molecule has 2 aliphatic rings. The van der Waals surface area contributed by atoms with Crippen molar-refractivity contribution in [3.8, 4) is 0 Å². The summed E-state index contributed by atoms with van der Waals surface area (Å²) >= 11 is 0. The number of aryl methyl sites for hydroxylation is 1. The normalized spacial score (nSPS) is 32.7. The Hall–Kier alpha value is -1.42. The van der Waals surface area contributed by atoms with Crippen molar-refractivity contribution in [3.63, 3.8) is 0 Å². The van der Waals surface area contributed by atoms with Crippen molar-refractivity contribution in [2.45, 2.75) is 38.8 Å². The number of aromatic nitrogens is 1. The molecular formula is C15H20N2O2. The van der Waals surface area contributed by atoms with Crippen LogP contribution in [0.25, 0.3) is 0 Å². The van der Waals surface area contributed by atoms with Crippen LogP contribution in [0.2, 0.25) is 0 Å². The first-order valence-electron chi connectivity index (χ1n) is 7.03. The second-order valence-corrected chi connectivity index (χ2v) is 5.91. The minimum absolute atomic E-state index is 0.137. The van der Waals surface area contributed by atoms with Crippen LogP contribution in [0.4, 0.5) is 0 Å². The third kappa shape index (κ3) is 2.37. The zero-order valence-electron chi connectivity index (χ0n) is 11.2. The van der Waals surface area contributed by atoms with Crippen LogP contribution < -0.4 is 5.32 Å². The molecule has 2 N–H and O–H groups in total. The third-order valence-electron chi connectivity index (χ3n) is 4.72. The van der Waals surface area contributed by atoms with Gasteiger partial charge in [0.1, 0.15) is 0 Å². The van der Waals surface area contributed by atoms with E-state index in [-0.39, 0.29) is 12.0 Å². The molecule has 0 aliphatic heterocycles. The van der Waals surface area contributed by atoms with E-state index in [2.05, 4.69) is 16.4 Å². The summed E-state index contributed by atoms with van der Waals surface area (Å²) in [6.07, 6.45) is 5.22. The van der Waals surface area contributed by atoms with Crippen LogP contribution in [0, 0.1) is 24.7 Å². The zero-order valence-corrected chi connectivity index (χ0v) is 11.2. The average Bonchev–Trinajstić information content (AvgIpc) is 2.98. The second kappa shape index (κ2) is 4.93. The van der Waals surface area contributed by atoms with Crippen LogP contribution in [-0.2, 0) is 11.3 Å². The Kier molecular flexibility index (Phi) is 3.27. The third-order valence-corrected chi connectivity index (χ3v) is 4.72. The summed E-state index contributed by atoms with van der Waals surface area (Å²) in [6, 6.07) is 4.18. The maximum absolute atomic E-state index is 11.4. The molecule has 1 aromatic rings. The van der Waals surface area contributed by atoms with Crippen LogP contribution >= 0.6 is 0 Å². The summed E-state index contributed by atoms with van der Waals surface area (Å²) in [5, 5.41) is 12.8. The molecule has 2 aliphatic carbocycles. The predicted octanol–water partition coefficient (Wildman–Crippen LogP) is 1.98. The Balaban J connectivity index is 1.65. The van der Waals surface area contributed by atoms with Crippen molar-refractivity contribution in [1.82, 2.24) is 10.3 Å². The van der Waals surface area contributed by atoms with Crippen molar-refractivity contribution < 1.29 is 9.90 Å². The van der Waals surface area contributed by atoms with E-state index in [1.54, 1.807) is 0 Å². The summed E-state index contributed by atoms with van der Waals surface area (Å²) in [7, 11) is 0. The molecule has 4 atom stereocenters. The van der Waals surface area contributed by atoms with Crippen LogP contribution in [0.15, 0.2) is 18.3 Å². The number of carboxylic acid groups (broad SMARTS) is 1. The molecule has 19 heavy (non-hydrogen) atoms. The van der Waals surface area contributed by atoms with Gasteiger partial charge in [-0.2, -0.15) is 0 Å². The number of fused-ring (bicyclic) bond motifs is 2. The largest absolute Gasteiger partial charge is 0.481 e. The maximum atomic E-state index is 11.4. The number of rotatable bonds is 4. The molecule has 3 rings (SSSR count). The minimum Gasteiger partial charge on any atom is -0.481 e. The zero-order chi connectivity index (χ0) is 13.4. The molecule has 0 spiro atoms. The lowest BCUT2D eigenvalue weighted by molar-refractivity contribution is -0.144. The fraction of sp³-hybridized carbons (Fsp3) is 0.600. The molecular weight excluding hydrogens is 240 g/mol. The van der Waals surface area contributed by atoms with Crippen molar-refractivity contribution in [2.24, 2.45) is 17.8 Å². The van der Waals surface area contributed by atoms with E-state index in [1.165, 1.54) is 6.42 Å². The molecule has 1 aromatic heterocycles. The van der Waals surface area contributed by atoms with Gasteiger partial charge in [-0.15, -0.1) is 0 Å². The van der Waals surface area contributed by atoms with Gasteiger partial charge in [0, 0.05) is 24.5 Å². The lowest BCUT2D eigenvalue weighted by Gasteiger charge is -2.29. The molecule has 2 saturated carbocycles. The molecule has 0 radical (unpaired) electrons. The number of nitrogens with one attached hydrogen (secondary N) is 1. The summed E-state index contributed by atoms with van der Waals surface area (Å²) < 4.78 is 0. The molecule has 0 amide bonds. The van der Waals surface area contributed by atoms with E-state index in [9.17, 15) is 9.90 Å². The summed E-state index contributed by atoms with van der Waals surface area (Å²) in [4.78, 5) is 15.7. The molecule has 2 bridgehead atoms. The molecule has 1 heterocycles. The summed E-state index contributed by atoms with van der Waals surface area (Å²) in [5.74, 6) is 0.101. The number of carboxylic acids is 1. The predicted molar refractivity (Wildman–Crippen MR) is 71.6 cm³/mol. The molecule has 102 valence electrons. The van der Waals surface area contributed by atoms with E-state index in [4.69, 9.17) is 0 Å². The van der Waals surface area contributed by atoms with Crippen LogP contribution in [0.1, 0.15) is 30.5 Å². The van der Waals surface area contributed by atoms with Gasteiger partial charge in [-0.25, -0.2) is 0 Å². The number of nitrogens with zero attached hydrogens (tertiary/aromatic N) is 1. The number of hydrogen-bond acceptors (Lipinski definition) is 3. The quantitative estimate of drug-likeness (QED) is 0.869. The van der Waals surface area contributed by atoms with Gasteiger partial charge < -0.3 is 10.4 Å². The van der Waals surface area contributed by atoms with E-state index in [1.807, 2.05) is 19.2 Å². The molecule has 0 saturated heterocycles. The Morgan fingerprint density at radius 2 is 2.21 bits per heavy atom. The maximum Gasteiger partial charge on any atom is 0.308 e. The lowest BCUT2D eigenvalue weighted by Crippen LogP contribution is -2.43. The van der Waals surface area contributed by atoms with Gasteiger partial charge in [0.05, 0.1) is 5.92 Å². The monoisotopic (exact) mass is 260 g/mol. The van der Waals surface area contributed by atoms with Gasteiger partial charge in [0.15, 0.2) is 0 Å². The molecule has 4 unspecified atom stereocenters. The van der Waals surface area contributed by atoms with E-state index in [0.717, 1.165) is 24.1 Å². The fourth-order valence-electron chi connectivity index (χ4n) is 3.78. The van der Waals surface area contributed by atoms with Crippen molar-refractivity contribution in [3.05, 3.63) is 29.6 Å². The second-order valence-electron chi connectivity index (χ2n) is 5.91. The van der Waals surface area contributed by atoms with Crippen molar-refractivity contribution >= 4 is 5.97 Å². The number of hydrogen-bond donors (Lipinski definition) is 2. The highest BCUT2D eigenvalue weighted by Gasteiger charge is 2.50. The topological polar surface area (TPSA) is 62.2 Å². The highest BCUT2D eigenvalue weighted by molar-refractivity contribution is 5.72. The Labute approximate surface area is 113 Å². The van der Waals surface area contributed by atoms with E-state index >= 15 is 0 Å². The Morgan fingerprint density at radius 3 is 2.89 bits per heavy atom. The smallest absolute Gasteiger partial charge is 0.308 e. The fourth-order valence-corrected chi connectivity index (χ4v) is 3.78. The van der Waals surface area contributed by atoms with E-state index in [0.29, 0.717) is 18.4 Å². The minimum atomic E-state index is -0.633. The van der Waals surface area contributed by atoms with Gasteiger partial charge in [0.2, 0.25) is 0 Å². The molecule has 0 aromatic carbocycles. The summed E-state index contributed by atoms with van der Waals surface area (Å²) in [6.45, 7) is 2.68. The van der Waals surface area contributed by atoms with Gasteiger partial charge in [-0.3, -0.25) is 9.78 Å². The van der Waals surface area contributed by atoms with Crippen LogP contribution in [-0.4, -0.2) is 22.1 Å². The Bertz CT molecular complexity index is 472. The first-order chi connectivity index (χ1) is 9.15. The van der Waals surface area contributed by atoms with Crippen molar-refractivity contribution in [2.75, 3.05) is 0 Å². The van der Waals surface area contributed by atoms with Crippen LogP contribution in [0.3, 0.4) is 0 Å². The first-order valence-corrected chi connectivity index (χ1v) is 7.03. The number of pyridine rings is 1. The van der Waals surface area contributed by atoms with Crippen LogP contribution in [0.5, 0.6) is 0 Å². The van der Waals surface area contributed by atoms with Gasteiger partial charge in [-0.1, -0.05) is 6.07 Å². The summed E-state index contributed by atoms with van der Waals surface area (Å²) in [5.41, 5.74) is 2.13. The Morgan fingerprint density at radius 1 is 1.42 bits per heavy atom.